The number of benzene rings is 1. The topological polar surface area (TPSA) is 73.9 Å². The number of likely N-dealkylation sites (N-methyl/N-ethyl adjacent to an activating group) is 1. The smallest absolute Gasteiger partial charge is 0.309 e. The third-order valence-corrected chi connectivity index (χ3v) is 4.06. The lowest BCUT2D eigenvalue weighted by Gasteiger charge is -2.36. The van der Waals surface area contributed by atoms with E-state index < -0.39 is 11.8 Å². The zero-order valence-electron chi connectivity index (χ0n) is 14.4. The van der Waals surface area contributed by atoms with E-state index in [1.54, 1.807) is 14.0 Å². The van der Waals surface area contributed by atoms with Gasteiger partial charge in [-0.05, 0) is 19.1 Å². The molecule has 7 heteroatoms. The van der Waals surface area contributed by atoms with Gasteiger partial charge in [-0.2, -0.15) is 0 Å². The van der Waals surface area contributed by atoms with Crippen LogP contribution in [0.5, 0.6) is 5.75 Å². The molecule has 0 bridgehead atoms. The zero-order valence-corrected chi connectivity index (χ0v) is 14.4. The number of piperazine rings is 1. The minimum atomic E-state index is -0.571. The molecule has 1 aromatic rings. The first kappa shape index (κ1) is 18.1. The molecule has 132 valence electrons. The van der Waals surface area contributed by atoms with E-state index in [9.17, 15) is 9.59 Å². The van der Waals surface area contributed by atoms with E-state index in [2.05, 4.69) is 26.5 Å². The fraction of sp³-hybridized carbons (Fsp3) is 0.529. The standard InChI is InChI=1S/C17H26N4O3/c1-3-18-16(22)17(23)19-8-9-20-10-12-21(13-11-20)14-6-4-5-7-15(14)24-2/h4-7H,3,8-13H2,1-2H3,(H,18,22)(H,19,23). The number of para-hydroxylation sites is 2. The fourth-order valence-corrected chi connectivity index (χ4v) is 2.75. The van der Waals surface area contributed by atoms with Crippen LogP contribution in [0.15, 0.2) is 24.3 Å². The highest BCUT2D eigenvalue weighted by molar-refractivity contribution is 6.35. The molecule has 0 aliphatic carbocycles. The Labute approximate surface area is 142 Å². The second kappa shape index (κ2) is 9.12. The van der Waals surface area contributed by atoms with Crippen molar-refractivity contribution < 1.29 is 14.3 Å². The second-order valence-corrected chi connectivity index (χ2v) is 5.62. The number of nitrogens with zero attached hydrogens (tertiary/aromatic N) is 2. The highest BCUT2D eigenvalue weighted by Crippen LogP contribution is 2.28. The Hall–Kier alpha value is -2.28. The van der Waals surface area contributed by atoms with Crippen LogP contribution >= 0.6 is 0 Å². The molecule has 7 nitrogen and oxygen atoms in total. The predicted molar refractivity (Wildman–Crippen MR) is 93.3 cm³/mol. The molecule has 2 N–H and O–H groups in total. The lowest BCUT2D eigenvalue weighted by atomic mass is 10.2. The molecule has 0 atom stereocenters. The molecule has 0 radical (unpaired) electrons. The number of ether oxygens (including phenoxy) is 1. The molecule has 1 heterocycles. The molecule has 0 unspecified atom stereocenters. The highest BCUT2D eigenvalue weighted by Gasteiger charge is 2.19. The van der Waals surface area contributed by atoms with Crippen molar-refractivity contribution >= 4 is 17.5 Å². The highest BCUT2D eigenvalue weighted by atomic mass is 16.5. The number of anilines is 1. The maximum Gasteiger partial charge on any atom is 0.309 e. The summed E-state index contributed by atoms with van der Waals surface area (Å²) in [7, 11) is 1.69. The monoisotopic (exact) mass is 334 g/mol. The Bertz CT molecular complexity index is 557. The Morgan fingerprint density at radius 3 is 2.42 bits per heavy atom. The summed E-state index contributed by atoms with van der Waals surface area (Å²) in [5.74, 6) is -0.247. The molecule has 2 amide bonds. The van der Waals surface area contributed by atoms with Gasteiger partial charge in [-0.15, -0.1) is 0 Å². The first-order chi connectivity index (χ1) is 11.7. The van der Waals surface area contributed by atoms with Crippen LogP contribution in [-0.2, 0) is 9.59 Å². The number of hydrogen-bond acceptors (Lipinski definition) is 5. The van der Waals surface area contributed by atoms with Gasteiger partial charge >= 0.3 is 11.8 Å². The zero-order chi connectivity index (χ0) is 17.4. The first-order valence-corrected chi connectivity index (χ1v) is 8.32. The van der Waals surface area contributed by atoms with E-state index in [-0.39, 0.29) is 0 Å². The SMILES string of the molecule is CCNC(=O)C(=O)NCCN1CCN(c2ccccc2OC)CC1. The van der Waals surface area contributed by atoms with Crippen LogP contribution in [0.1, 0.15) is 6.92 Å². The Morgan fingerprint density at radius 1 is 1.08 bits per heavy atom. The molecule has 1 aliphatic rings. The summed E-state index contributed by atoms with van der Waals surface area (Å²) in [6.45, 7) is 7.10. The molecule has 1 aromatic carbocycles. The lowest BCUT2D eigenvalue weighted by Crippen LogP contribution is -2.49. The summed E-state index contributed by atoms with van der Waals surface area (Å²) in [4.78, 5) is 27.4. The van der Waals surface area contributed by atoms with Crippen molar-refractivity contribution in [3.8, 4) is 5.75 Å². The van der Waals surface area contributed by atoms with Crippen LogP contribution in [0, 0.1) is 0 Å². The molecule has 0 aromatic heterocycles. The van der Waals surface area contributed by atoms with Crippen molar-refractivity contribution in [1.82, 2.24) is 15.5 Å². The Morgan fingerprint density at radius 2 is 1.75 bits per heavy atom. The minimum Gasteiger partial charge on any atom is -0.495 e. The van der Waals surface area contributed by atoms with E-state index in [1.807, 2.05) is 18.2 Å². The third-order valence-electron chi connectivity index (χ3n) is 4.06. The molecule has 2 rings (SSSR count). The van der Waals surface area contributed by atoms with Gasteiger partial charge in [-0.1, -0.05) is 12.1 Å². The van der Waals surface area contributed by atoms with E-state index in [4.69, 9.17) is 4.74 Å². The summed E-state index contributed by atoms with van der Waals surface area (Å²) >= 11 is 0. The third kappa shape index (κ3) is 4.86. The summed E-state index contributed by atoms with van der Waals surface area (Å²) in [5.41, 5.74) is 1.11. The van der Waals surface area contributed by atoms with Crippen LogP contribution < -0.4 is 20.3 Å². The molecule has 24 heavy (non-hydrogen) atoms. The summed E-state index contributed by atoms with van der Waals surface area (Å²) < 4.78 is 5.42. The number of nitrogens with one attached hydrogen (secondary N) is 2. The molecule has 1 aliphatic heterocycles. The average Bonchev–Trinajstić information content (AvgIpc) is 2.62. The molecule has 1 saturated heterocycles. The van der Waals surface area contributed by atoms with Crippen LogP contribution in [0.2, 0.25) is 0 Å². The number of amides is 2. The van der Waals surface area contributed by atoms with Crippen LogP contribution in [-0.4, -0.2) is 69.6 Å². The van der Waals surface area contributed by atoms with Gasteiger partial charge in [0.1, 0.15) is 5.75 Å². The maximum atomic E-state index is 11.5. The fourth-order valence-electron chi connectivity index (χ4n) is 2.75. The van der Waals surface area contributed by atoms with Gasteiger partial charge < -0.3 is 20.3 Å². The Balaban J connectivity index is 1.73. The van der Waals surface area contributed by atoms with Gasteiger partial charge in [0.15, 0.2) is 0 Å². The van der Waals surface area contributed by atoms with Crippen molar-refractivity contribution in [1.29, 1.82) is 0 Å². The van der Waals surface area contributed by atoms with Crippen LogP contribution in [0.3, 0.4) is 0 Å². The van der Waals surface area contributed by atoms with Gasteiger partial charge in [0.2, 0.25) is 0 Å². The normalized spacial score (nSPS) is 15.0. The van der Waals surface area contributed by atoms with Crippen LogP contribution in [0.25, 0.3) is 0 Å². The Kier molecular flexibility index (Phi) is 6.87. The molecular formula is C17H26N4O3. The molecule has 1 fully saturated rings. The van der Waals surface area contributed by atoms with Gasteiger partial charge in [0.05, 0.1) is 12.8 Å². The number of carbonyl (C=O) groups excluding carboxylic acids is 2. The summed E-state index contributed by atoms with van der Waals surface area (Å²) in [5, 5.41) is 5.13. The van der Waals surface area contributed by atoms with E-state index in [0.717, 1.165) is 44.2 Å². The molecular weight excluding hydrogens is 308 g/mol. The maximum absolute atomic E-state index is 11.5. The van der Waals surface area contributed by atoms with Gasteiger partial charge in [-0.3, -0.25) is 14.5 Å². The van der Waals surface area contributed by atoms with Crippen molar-refractivity contribution in [2.75, 3.05) is 57.8 Å². The molecule has 0 saturated carbocycles. The number of carbonyl (C=O) groups is 2. The summed E-state index contributed by atoms with van der Waals surface area (Å²) in [6, 6.07) is 8.02. The van der Waals surface area contributed by atoms with Gasteiger partial charge in [0, 0.05) is 45.8 Å². The van der Waals surface area contributed by atoms with Gasteiger partial charge in [0.25, 0.3) is 0 Å². The lowest BCUT2D eigenvalue weighted by molar-refractivity contribution is -0.139. The number of rotatable bonds is 6. The van der Waals surface area contributed by atoms with Crippen LogP contribution in [0.4, 0.5) is 5.69 Å². The second-order valence-electron chi connectivity index (χ2n) is 5.62. The average molecular weight is 334 g/mol. The van der Waals surface area contributed by atoms with Gasteiger partial charge in [-0.25, -0.2) is 0 Å². The van der Waals surface area contributed by atoms with E-state index in [1.165, 1.54) is 0 Å². The van der Waals surface area contributed by atoms with Crippen molar-refractivity contribution in [2.24, 2.45) is 0 Å². The first-order valence-electron chi connectivity index (χ1n) is 8.32. The molecule has 0 spiro atoms. The number of hydrogen-bond donors (Lipinski definition) is 2. The minimum absolute atomic E-state index is 0.456. The van der Waals surface area contributed by atoms with E-state index >= 15 is 0 Å². The van der Waals surface area contributed by atoms with Crippen molar-refractivity contribution in [2.45, 2.75) is 6.92 Å². The quantitative estimate of drug-likeness (QED) is 0.720. The largest absolute Gasteiger partial charge is 0.495 e. The van der Waals surface area contributed by atoms with Crippen molar-refractivity contribution in [3.05, 3.63) is 24.3 Å². The van der Waals surface area contributed by atoms with E-state index in [0.29, 0.717) is 13.1 Å². The summed E-state index contributed by atoms with van der Waals surface area (Å²) in [6.07, 6.45) is 0. The predicted octanol–water partition coefficient (Wildman–Crippen LogP) is 0.0695. The van der Waals surface area contributed by atoms with Crippen molar-refractivity contribution in [3.63, 3.8) is 0 Å². The number of methoxy groups -OCH3 is 1.